The lowest BCUT2D eigenvalue weighted by molar-refractivity contribution is -0.113. The average molecular weight is 368 g/mol. The molecule has 134 valence electrons. The van der Waals surface area contributed by atoms with Gasteiger partial charge < -0.3 is 14.6 Å². The second kappa shape index (κ2) is 8.10. The molecule has 0 bridgehead atoms. The molecule has 0 spiro atoms. The van der Waals surface area contributed by atoms with E-state index in [1.165, 1.54) is 11.8 Å². The number of aromatic nitrogens is 1. The SMILES string of the molecule is CCn1c(=O)cc(SCC(=O)Nc2cccc(OC)c2)c2ccccc21. The van der Waals surface area contributed by atoms with Crippen LogP contribution in [0, 0.1) is 0 Å². The van der Waals surface area contributed by atoms with Crippen LogP contribution in [0.2, 0.25) is 0 Å². The zero-order valence-corrected chi connectivity index (χ0v) is 15.5. The average Bonchev–Trinajstić information content (AvgIpc) is 2.66. The number of pyridine rings is 1. The predicted molar refractivity (Wildman–Crippen MR) is 106 cm³/mol. The molecule has 6 heteroatoms. The molecule has 1 N–H and O–H groups in total. The lowest BCUT2D eigenvalue weighted by Crippen LogP contribution is -2.19. The number of anilines is 1. The first-order chi connectivity index (χ1) is 12.6. The van der Waals surface area contributed by atoms with Gasteiger partial charge in [0, 0.05) is 34.6 Å². The Morgan fingerprint density at radius 1 is 1.15 bits per heavy atom. The molecular formula is C20H20N2O3S. The van der Waals surface area contributed by atoms with Crippen molar-refractivity contribution in [3.8, 4) is 5.75 Å². The van der Waals surface area contributed by atoms with E-state index in [1.807, 2.05) is 49.4 Å². The van der Waals surface area contributed by atoms with E-state index in [0.717, 1.165) is 15.8 Å². The molecule has 0 aliphatic carbocycles. The summed E-state index contributed by atoms with van der Waals surface area (Å²) in [6.07, 6.45) is 0. The van der Waals surface area contributed by atoms with Crippen LogP contribution in [0.5, 0.6) is 5.75 Å². The van der Waals surface area contributed by atoms with E-state index in [4.69, 9.17) is 4.74 Å². The van der Waals surface area contributed by atoms with Gasteiger partial charge in [-0.15, -0.1) is 11.8 Å². The number of benzene rings is 2. The predicted octanol–water partition coefficient (Wildman–Crippen LogP) is 3.76. The number of ether oxygens (including phenoxy) is 1. The van der Waals surface area contributed by atoms with Crippen molar-refractivity contribution in [2.45, 2.75) is 18.4 Å². The third kappa shape index (κ3) is 3.91. The van der Waals surface area contributed by atoms with Crippen LogP contribution in [0.25, 0.3) is 10.9 Å². The van der Waals surface area contributed by atoms with Gasteiger partial charge >= 0.3 is 0 Å². The summed E-state index contributed by atoms with van der Waals surface area (Å²) in [5.41, 5.74) is 1.52. The number of hydrogen-bond acceptors (Lipinski definition) is 4. The van der Waals surface area contributed by atoms with E-state index >= 15 is 0 Å². The second-order valence-electron chi connectivity index (χ2n) is 5.68. The van der Waals surface area contributed by atoms with Crippen LogP contribution in [0.15, 0.2) is 64.3 Å². The number of carbonyl (C=O) groups is 1. The third-order valence-electron chi connectivity index (χ3n) is 4.01. The maximum absolute atomic E-state index is 12.3. The molecule has 3 rings (SSSR count). The van der Waals surface area contributed by atoms with Gasteiger partial charge in [-0.05, 0) is 25.1 Å². The van der Waals surface area contributed by atoms with E-state index < -0.39 is 0 Å². The minimum absolute atomic E-state index is 0.0538. The number of nitrogens with one attached hydrogen (secondary N) is 1. The molecule has 0 fully saturated rings. The summed E-state index contributed by atoms with van der Waals surface area (Å²) >= 11 is 1.36. The van der Waals surface area contributed by atoms with Gasteiger partial charge in [-0.25, -0.2) is 0 Å². The van der Waals surface area contributed by atoms with Crippen LogP contribution in [-0.2, 0) is 11.3 Å². The first-order valence-electron chi connectivity index (χ1n) is 8.31. The summed E-state index contributed by atoms with van der Waals surface area (Å²) in [6.45, 7) is 2.56. The van der Waals surface area contributed by atoms with E-state index in [1.54, 1.807) is 23.8 Å². The van der Waals surface area contributed by atoms with Crippen LogP contribution in [-0.4, -0.2) is 23.3 Å². The van der Waals surface area contributed by atoms with Crippen molar-refractivity contribution >= 4 is 34.3 Å². The first kappa shape index (κ1) is 18.1. The Morgan fingerprint density at radius 2 is 1.96 bits per heavy atom. The molecule has 0 radical (unpaired) electrons. The van der Waals surface area contributed by atoms with E-state index in [-0.39, 0.29) is 17.2 Å². The van der Waals surface area contributed by atoms with Gasteiger partial charge in [-0.1, -0.05) is 24.3 Å². The maximum Gasteiger partial charge on any atom is 0.252 e. The molecule has 3 aromatic rings. The summed E-state index contributed by atoms with van der Waals surface area (Å²) in [7, 11) is 1.58. The molecule has 0 atom stereocenters. The lowest BCUT2D eigenvalue weighted by atomic mass is 10.2. The van der Waals surface area contributed by atoms with Crippen LogP contribution in [0.4, 0.5) is 5.69 Å². The minimum atomic E-state index is -0.132. The number of amides is 1. The number of carbonyl (C=O) groups excluding carboxylic acids is 1. The van der Waals surface area contributed by atoms with Gasteiger partial charge in [0.2, 0.25) is 5.91 Å². The highest BCUT2D eigenvalue weighted by Crippen LogP contribution is 2.26. The molecule has 0 aliphatic heterocycles. The summed E-state index contributed by atoms with van der Waals surface area (Å²) in [5.74, 6) is 0.771. The van der Waals surface area contributed by atoms with Crippen LogP contribution in [0.3, 0.4) is 0 Å². The number of hydrogen-bond donors (Lipinski definition) is 1. The standard InChI is InChI=1S/C20H20N2O3S/c1-3-22-17-10-5-4-9-16(17)18(12-20(22)24)26-13-19(23)21-14-7-6-8-15(11-14)25-2/h4-12H,3,13H2,1-2H3,(H,21,23). The molecular weight excluding hydrogens is 348 g/mol. The number of nitrogens with zero attached hydrogens (tertiary/aromatic N) is 1. The van der Waals surface area contributed by atoms with Gasteiger partial charge in [0.15, 0.2) is 0 Å². The maximum atomic E-state index is 12.3. The zero-order valence-electron chi connectivity index (χ0n) is 14.7. The Hall–Kier alpha value is -2.73. The monoisotopic (exact) mass is 368 g/mol. The number of aryl methyl sites for hydroxylation is 1. The van der Waals surface area contributed by atoms with Gasteiger partial charge in [0.1, 0.15) is 5.75 Å². The minimum Gasteiger partial charge on any atom is -0.497 e. The van der Waals surface area contributed by atoms with Crippen molar-refractivity contribution in [1.82, 2.24) is 4.57 Å². The Balaban J connectivity index is 1.77. The van der Waals surface area contributed by atoms with Crippen molar-refractivity contribution in [3.63, 3.8) is 0 Å². The van der Waals surface area contributed by atoms with Crippen molar-refractivity contribution in [3.05, 3.63) is 65.0 Å². The van der Waals surface area contributed by atoms with Crippen molar-refractivity contribution in [1.29, 1.82) is 0 Å². The van der Waals surface area contributed by atoms with Gasteiger partial charge in [-0.2, -0.15) is 0 Å². The highest BCUT2D eigenvalue weighted by atomic mass is 32.2. The van der Waals surface area contributed by atoms with Crippen molar-refractivity contribution in [2.75, 3.05) is 18.2 Å². The number of methoxy groups -OCH3 is 1. The molecule has 0 saturated carbocycles. The largest absolute Gasteiger partial charge is 0.497 e. The molecule has 2 aromatic carbocycles. The van der Waals surface area contributed by atoms with Gasteiger partial charge in [0.25, 0.3) is 5.56 Å². The Kier molecular flexibility index (Phi) is 5.63. The molecule has 0 saturated heterocycles. The molecule has 1 amide bonds. The molecule has 0 unspecified atom stereocenters. The topological polar surface area (TPSA) is 60.3 Å². The normalized spacial score (nSPS) is 10.7. The smallest absolute Gasteiger partial charge is 0.252 e. The number of fused-ring (bicyclic) bond motifs is 1. The summed E-state index contributed by atoms with van der Waals surface area (Å²) < 4.78 is 6.89. The van der Waals surface area contributed by atoms with Gasteiger partial charge in [0.05, 0.1) is 18.4 Å². The molecule has 26 heavy (non-hydrogen) atoms. The quantitative estimate of drug-likeness (QED) is 0.673. The molecule has 0 aliphatic rings. The highest BCUT2D eigenvalue weighted by molar-refractivity contribution is 8.00. The number of para-hydroxylation sites is 1. The van der Waals surface area contributed by atoms with Crippen LogP contribution in [0.1, 0.15) is 6.92 Å². The fourth-order valence-electron chi connectivity index (χ4n) is 2.79. The van der Waals surface area contributed by atoms with Crippen molar-refractivity contribution < 1.29 is 9.53 Å². The molecule has 1 aromatic heterocycles. The fourth-order valence-corrected chi connectivity index (χ4v) is 3.66. The van der Waals surface area contributed by atoms with Crippen molar-refractivity contribution in [2.24, 2.45) is 0 Å². The van der Waals surface area contributed by atoms with E-state index in [0.29, 0.717) is 18.0 Å². The Bertz CT molecular complexity index is 998. The molecule has 1 heterocycles. The van der Waals surface area contributed by atoms with E-state index in [9.17, 15) is 9.59 Å². The number of rotatable bonds is 6. The van der Waals surface area contributed by atoms with E-state index in [2.05, 4.69) is 5.32 Å². The Morgan fingerprint density at radius 3 is 2.73 bits per heavy atom. The third-order valence-corrected chi connectivity index (χ3v) is 5.06. The van der Waals surface area contributed by atoms with Crippen LogP contribution < -0.4 is 15.6 Å². The van der Waals surface area contributed by atoms with Crippen LogP contribution >= 0.6 is 11.8 Å². The fraction of sp³-hybridized carbons (Fsp3) is 0.200. The summed E-state index contributed by atoms with van der Waals surface area (Å²) in [5, 5.41) is 3.83. The summed E-state index contributed by atoms with van der Waals surface area (Å²) in [4.78, 5) is 25.4. The van der Waals surface area contributed by atoms with Gasteiger partial charge in [-0.3, -0.25) is 9.59 Å². The second-order valence-corrected chi connectivity index (χ2v) is 6.69. The lowest BCUT2D eigenvalue weighted by Gasteiger charge is -2.12. The number of thioether (sulfide) groups is 1. The summed E-state index contributed by atoms with van der Waals surface area (Å²) in [6, 6.07) is 16.6. The Labute approximate surface area is 156 Å². The zero-order chi connectivity index (χ0) is 18.5. The molecule has 5 nitrogen and oxygen atoms in total. The highest BCUT2D eigenvalue weighted by Gasteiger charge is 2.10. The first-order valence-corrected chi connectivity index (χ1v) is 9.30.